The van der Waals surface area contributed by atoms with Crippen LogP contribution in [-0.2, 0) is 22.6 Å². The molecule has 0 radical (unpaired) electrons. The molecule has 2 amide bonds. The van der Waals surface area contributed by atoms with Crippen molar-refractivity contribution in [2.75, 3.05) is 19.4 Å². The van der Waals surface area contributed by atoms with E-state index in [2.05, 4.69) is 21.7 Å². The Morgan fingerprint density at radius 2 is 1.92 bits per heavy atom. The van der Waals surface area contributed by atoms with Gasteiger partial charge in [0.25, 0.3) is 5.56 Å². The standard InChI is InChI=1S/C27H30FN5O3/c1-17(29-2)26(35)31-25-27(36)33(23(15-30-25)19-11-13-20(28)14-12-19)16-24(34)32(3)22-10-6-8-18-7-4-5-9-21(18)22/h4-5,7,9,11-15,17,22,29H,6,8,10,16H2,1-3H3,(H,30,31,35)/t17?,22-/m1/s1. The SMILES string of the molecule is CNC(C)C(=O)Nc1ncc(-c2ccc(F)cc2)n(CC(=O)N(C)[C@@H]2CCCc3ccccc32)c1=O. The van der Waals surface area contributed by atoms with Gasteiger partial charge in [-0.05, 0) is 68.6 Å². The summed E-state index contributed by atoms with van der Waals surface area (Å²) in [6.45, 7) is 1.40. The molecule has 1 heterocycles. The molecule has 2 atom stereocenters. The average molecular weight is 492 g/mol. The first kappa shape index (κ1) is 25.2. The molecule has 2 N–H and O–H groups in total. The molecule has 1 aromatic heterocycles. The second-order valence-corrected chi connectivity index (χ2v) is 9.00. The van der Waals surface area contributed by atoms with Crippen molar-refractivity contribution in [1.29, 1.82) is 0 Å². The first-order chi connectivity index (χ1) is 17.3. The fourth-order valence-electron chi connectivity index (χ4n) is 4.49. The molecule has 4 rings (SSSR count). The van der Waals surface area contributed by atoms with E-state index >= 15 is 0 Å². The quantitative estimate of drug-likeness (QED) is 0.530. The van der Waals surface area contributed by atoms with E-state index in [0.717, 1.165) is 24.8 Å². The number of fused-ring (bicyclic) bond motifs is 1. The summed E-state index contributed by atoms with van der Waals surface area (Å²) >= 11 is 0. The van der Waals surface area contributed by atoms with E-state index in [1.165, 1.54) is 40.6 Å². The topological polar surface area (TPSA) is 96.3 Å². The lowest BCUT2D eigenvalue weighted by Gasteiger charge is -2.33. The van der Waals surface area contributed by atoms with Crippen LogP contribution in [0.15, 0.2) is 59.5 Å². The van der Waals surface area contributed by atoms with Crippen LogP contribution < -0.4 is 16.2 Å². The predicted molar refractivity (Wildman–Crippen MR) is 136 cm³/mol. The number of rotatable bonds is 7. The molecule has 1 unspecified atom stereocenters. The lowest BCUT2D eigenvalue weighted by molar-refractivity contribution is -0.133. The molecule has 8 nitrogen and oxygen atoms in total. The molecular formula is C27H30FN5O3. The maximum atomic E-state index is 13.5. The number of likely N-dealkylation sites (N-methyl/N-ethyl adjacent to an activating group) is 2. The number of nitrogens with zero attached hydrogens (tertiary/aromatic N) is 3. The summed E-state index contributed by atoms with van der Waals surface area (Å²) in [6, 6.07) is 13.1. The van der Waals surface area contributed by atoms with E-state index in [1.807, 2.05) is 18.2 Å². The Morgan fingerprint density at radius 1 is 1.19 bits per heavy atom. The second-order valence-electron chi connectivity index (χ2n) is 9.00. The van der Waals surface area contributed by atoms with Crippen LogP contribution in [0, 0.1) is 5.82 Å². The number of carbonyl (C=O) groups is 2. The summed E-state index contributed by atoms with van der Waals surface area (Å²) < 4.78 is 14.8. The monoisotopic (exact) mass is 491 g/mol. The van der Waals surface area contributed by atoms with Gasteiger partial charge in [0.1, 0.15) is 12.4 Å². The van der Waals surface area contributed by atoms with Gasteiger partial charge in [-0.15, -0.1) is 0 Å². The van der Waals surface area contributed by atoms with E-state index in [4.69, 9.17) is 0 Å². The molecule has 9 heteroatoms. The molecule has 36 heavy (non-hydrogen) atoms. The molecule has 1 aliphatic carbocycles. The molecule has 0 saturated carbocycles. The highest BCUT2D eigenvalue weighted by atomic mass is 19.1. The zero-order valence-corrected chi connectivity index (χ0v) is 20.6. The van der Waals surface area contributed by atoms with Gasteiger partial charge in [0.05, 0.1) is 24.0 Å². The molecular weight excluding hydrogens is 461 g/mol. The van der Waals surface area contributed by atoms with Gasteiger partial charge < -0.3 is 15.5 Å². The predicted octanol–water partition coefficient (Wildman–Crippen LogP) is 3.13. The number of amides is 2. The van der Waals surface area contributed by atoms with Gasteiger partial charge >= 0.3 is 0 Å². The van der Waals surface area contributed by atoms with Gasteiger partial charge in [0.15, 0.2) is 5.82 Å². The number of carbonyl (C=O) groups excluding carboxylic acids is 2. The van der Waals surface area contributed by atoms with E-state index < -0.39 is 23.3 Å². The van der Waals surface area contributed by atoms with E-state index in [0.29, 0.717) is 11.3 Å². The highest BCUT2D eigenvalue weighted by molar-refractivity contribution is 5.93. The van der Waals surface area contributed by atoms with Crippen molar-refractivity contribution in [3.63, 3.8) is 0 Å². The Kier molecular flexibility index (Phi) is 7.59. The summed E-state index contributed by atoms with van der Waals surface area (Å²) in [6.07, 6.45) is 4.19. The Morgan fingerprint density at radius 3 is 2.64 bits per heavy atom. The van der Waals surface area contributed by atoms with Crippen LogP contribution in [0.1, 0.15) is 36.9 Å². The minimum atomic E-state index is -0.612. The van der Waals surface area contributed by atoms with Crippen molar-refractivity contribution >= 4 is 17.6 Å². The molecule has 0 saturated heterocycles. The number of aromatic nitrogens is 2. The van der Waals surface area contributed by atoms with Crippen molar-refractivity contribution < 1.29 is 14.0 Å². The zero-order chi connectivity index (χ0) is 25.8. The van der Waals surface area contributed by atoms with Crippen LogP contribution in [0.5, 0.6) is 0 Å². The van der Waals surface area contributed by atoms with Crippen LogP contribution in [-0.4, -0.2) is 46.4 Å². The van der Waals surface area contributed by atoms with Crippen LogP contribution in [0.2, 0.25) is 0 Å². The summed E-state index contributed by atoms with van der Waals surface area (Å²) in [5.74, 6) is -1.27. The maximum absolute atomic E-state index is 13.5. The van der Waals surface area contributed by atoms with Crippen molar-refractivity contribution in [1.82, 2.24) is 19.8 Å². The number of halogens is 1. The molecule has 0 fully saturated rings. The average Bonchev–Trinajstić information content (AvgIpc) is 2.90. The molecule has 188 valence electrons. The molecule has 2 aromatic carbocycles. The second kappa shape index (κ2) is 10.8. The third-order valence-corrected chi connectivity index (χ3v) is 6.75. The van der Waals surface area contributed by atoms with Crippen LogP contribution in [0.3, 0.4) is 0 Å². The maximum Gasteiger partial charge on any atom is 0.294 e. The van der Waals surface area contributed by atoms with E-state index in [-0.39, 0.29) is 24.3 Å². The molecule has 3 aromatic rings. The van der Waals surface area contributed by atoms with Gasteiger partial charge in [-0.3, -0.25) is 19.0 Å². The lowest BCUT2D eigenvalue weighted by atomic mass is 9.87. The fourth-order valence-corrected chi connectivity index (χ4v) is 4.49. The third kappa shape index (κ3) is 5.21. The van der Waals surface area contributed by atoms with Crippen molar-refractivity contribution in [2.24, 2.45) is 0 Å². The largest absolute Gasteiger partial charge is 0.337 e. The lowest BCUT2D eigenvalue weighted by Crippen LogP contribution is -2.40. The first-order valence-corrected chi connectivity index (χ1v) is 12.0. The zero-order valence-electron chi connectivity index (χ0n) is 20.6. The Hall–Kier alpha value is -3.85. The number of hydrogen-bond acceptors (Lipinski definition) is 5. The summed E-state index contributed by atoms with van der Waals surface area (Å²) in [5, 5.41) is 5.35. The number of anilines is 1. The van der Waals surface area contributed by atoms with Gasteiger partial charge in [-0.2, -0.15) is 0 Å². The summed E-state index contributed by atoms with van der Waals surface area (Å²) in [4.78, 5) is 45.1. The highest BCUT2D eigenvalue weighted by Gasteiger charge is 2.27. The Bertz CT molecular complexity index is 1320. The van der Waals surface area contributed by atoms with E-state index in [9.17, 15) is 18.8 Å². The van der Waals surface area contributed by atoms with Gasteiger partial charge in [-0.25, -0.2) is 9.37 Å². The van der Waals surface area contributed by atoms with Crippen LogP contribution in [0.4, 0.5) is 10.2 Å². The fraction of sp³-hybridized carbons (Fsp3) is 0.333. The first-order valence-electron chi connectivity index (χ1n) is 12.0. The molecule has 0 spiro atoms. The highest BCUT2D eigenvalue weighted by Crippen LogP contribution is 2.33. The molecule has 0 aliphatic heterocycles. The van der Waals surface area contributed by atoms with Crippen LogP contribution in [0.25, 0.3) is 11.3 Å². The van der Waals surface area contributed by atoms with E-state index in [1.54, 1.807) is 25.9 Å². The third-order valence-electron chi connectivity index (χ3n) is 6.75. The van der Waals surface area contributed by atoms with Crippen molar-refractivity contribution in [3.8, 4) is 11.3 Å². The smallest absolute Gasteiger partial charge is 0.294 e. The minimum Gasteiger partial charge on any atom is -0.337 e. The van der Waals surface area contributed by atoms with Gasteiger partial charge in [0, 0.05) is 12.6 Å². The Balaban J connectivity index is 1.69. The number of benzene rings is 2. The van der Waals surface area contributed by atoms with Gasteiger partial charge in [-0.1, -0.05) is 24.3 Å². The number of aryl methyl sites for hydroxylation is 1. The molecule has 0 bridgehead atoms. The van der Waals surface area contributed by atoms with Gasteiger partial charge in [0.2, 0.25) is 11.8 Å². The Labute approximate surface area is 209 Å². The number of nitrogens with one attached hydrogen (secondary N) is 2. The minimum absolute atomic E-state index is 0.0927. The summed E-state index contributed by atoms with van der Waals surface area (Å²) in [5.41, 5.74) is 2.62. The summed E-state index contributed by atoms with van der Waals surface area (Å²) in [7, 11) is 3.38. The van der Waals surface area contributed by atoms with Crippen LogP contribution >= 0.6 is 0 Å². The molecule has 1 aliphatic rings. The normalized spacial score (nSPS) is 15.6. The number of hydrogen-bond donors (Lipinski definition) is 2. The van der Waals surface area contributed by atoms with Crippen molar-refractivity contribution in [3.05, 3.63) is 82.0 Å². The van der Waals surface area contributed by atoms with Crippen molar-refractivity contribution in [2.45, 2.75) is 44.8 Å².